The molecule has 0 aliphatic rings. The molecule has 1 heterocycles. The molecule has 4 aromatic rings. The molecule has 160 valence electrons. The molecule has 0 spiro atoms. The number of rotatable bonds is 5. The predicted octanol–water partition coefficient (Wildman–Crippen LogP) is 3.28. The van der Waals surface area contributed by atoms with E-state index in [1.54, 1.807) is 67.6 Å². The molecule has 0 fully saturated rings. The third-order valence-electron chi connectivity index (χ3n) is 4.77. The summed E-state index contributed by atoms with van der Waals surface area (Å²) in [6, 6.07) is 22.5. The largest absolute Gasteiger partial charge is 0.457 e. The maximum Gasteiger partial charge on any atom is 0.290 e. The zero-order chi connectivity index (χ0) is 22.5. The molecule has 0 aliphatic carbocycles. The Balaban J connectivity index is 1.55. The van der Waals surface area contributed by atoms with Crippen molar-refractivity contribution in [1.29, 1.82) is 0 Å². The van der Waals surface area contributed by atoms with Gasteiger partial charge in [0, 0.05) is 11.9 Å². The molecule has 4 rings (SSSR count). The van der Waals surface area contributed by atoms with Gasteiger partial charge < -0.3 is 4.74 Å². The van der Waals surface area contributed by atoms with Crippen molar-refractivity contribution in [3.05, 3.63) is 100 Å². The number of nitrogens with one attached hydrogen (secondary N) is 2. The lowest BCUT2D eigenvalue weighted by atomic mass is 10.1. The summed E-state index contributed by atoms with van der Waals surface area (Å²) in [5.41, 5.74) is 4.77. The second-order valence-corrected chi connectivity index (χ2v) is 6.83. The van der Waals surface area contributed by atoms with Crippen LogP contribution in [0.2, 0.25) is 0 Å². The Morgan fingerprint density at radius 1 is 0.844 bits per heavy atom. The Morgan fingerprint density at radius 2 is 1.47 bits per heavy atom. The Morgan fingerprint density at radius 3 is 2.22 bits per heavy atom. The van der Waals surface area contributed by atoms with Crippen LogP contribution in [-0.2, 0) is 6.54 Å². The number of amides is 2. The minimum absolute atomic E-state index is 0.0381. The minimum Gasteiger partial charge on any atom is -0.457 e. The highest BCUT2D eigenvalue weighted by molar-refractivity contribution is 6.06. The number of aryl methyl sites for hydroxylation is 1. The lowest BCUT2D eigenvalue weighted by Gasteiger charge is -2.13. The molecule has 3 aromatic carbocycles. The number of nitrogens with zero attached hydrogens (tertiary/aromatic N) is 2. The van der Waals surface area contributed by atoms with E-state index in [1.165, 1.54) is 4.68 Å². The quantitative estimate of drug-likeness (QED) is 0.475. The van der Waals surface area contributed by atoms with Gasteiger partial charge in [0.15, 0.2) is 5.69 Å². The zero-order valence-electron chi connectivity index (χ0n) is 17.2. The first-order chi connectivity index (χ1) is 15.6. The van der Waals surface area contributed by atoms with Crippen LogP contribution < -0.4 is 21.1 Å². The summed E-state index contributed by atoms with van der Waals surface area (Å²) in [6.07, 6.45) is 0. The van der Waals surface area contributed by atoms with Crippen LogP contribution in [-0.4, -0.2) is 21.6 Å². The summed E-state index contributed by atoms with van der Waals surface area (Å²) in [5.74, 6) is -0.279. The van der Waals surface area contributed by atoms with Gasteiger partial charge in [-0.1, -0.05) is 48.5 Å². The predicted molar refractivity (Wildman–Crippen MR) is 120 cm³/mol. The first-order valence-electron chi connectivity index (χ1n) is 10.0. The Hall–Kier alpha value is -4.46. The SMILES string of the molecule is CCn1nc(C(=O)NNC(=O)c2ccccc2Oc2ccccc2)c2ccccc2c1=O. The molecular weight excluding hydrogens is 408 g/mol. The van der Waals surface area contributed by atoms with Crippen molar-refractivity contribution in [1.82, 2.24) is 20.6 Å². The second kappa shape index (κ2) is 9.13. The number of carbonyl (C=O) groups is 2. The molecule has 0 aliphatic heterocycles. The highest BCUT2D eigenvalue weighted by Crippen LogP contribution is 2.24. The van der Waals surface area contributed by atoms with Gasteiger partial charge in [0.1, 0.15) is 11.5 Å². The van der Waals surface area contributed by atoms with Gasteiger partial charge in [-0.3, -0.25) is 25.2 Å². The van der Waals surface area contributed by atoms with Crippen LogP contribution in [0, 0.1) is 0 Å². The number of hydrogen-bond acceptors (Lipinski definition) is 5. The van der Waals surface area contributed by atoms with Crippen LogP contribution in [0.5, 0.6) is 11.5 Å². The fourth-order valence-electron chi connectivity index (χ4n) is 3.22. The fourth-order valence-corrected chi connectivity index (χ4v) is 3.22. The topological polar surface area (TPSA) is 102 Å². The lowest BCUT2D eigenvalue weighted by Crippen LogP contribution is -2.42. The van der Waals surface area contributed by atoms with E-state index in [1.807, 2.05) is 18.2 Å². The molecule has 0 bridgehead atoms. The summed E-state index contributed by atoms with van der Waals surface area (Å²) in [5, 5.41) is 4.94. The summed E-state index contributed by atoms with van der Waals surface area (Å²) in [4.78, 5) is 38.0. The molecule has 2 N–H and O–H groups in total. The smallest absolute Gasteiger partial charge is 0.290 e. The van der Waals surface area contributed by atoms with Crippen LogP contribution in [0.1, 0.15) is 27.8 Å². The molecule has 2 amide bonds. The number of carbonyl (C=O) groups excluding carboxylic acids is 2. The van der Waals surface area contributed by atoms with Crippen molar-refractivity contribution in [2.45, 2.75) is 13.5 Å². The number of hydrogen-bond donors (Lipinski definition) is 2. The molecule has 0 atom stereocenters. The van der Waals surface area contributed by atoms with Crippen LogP contribution in [0.15, 0.2) is 83.7 Å². The van der Waals surface area contributed by atoms with E-state index in [2.05, 4.69) is 16.0 Å². The monoisotopic (exact) mass is 428 g/mol. The zero-order valence-corrected chi connectivity index (χ0v) is 17.2. The van der Waals surface area contributed by atoms with E-state index in [4.69, 9.17) is 4.74 Å². The molecule has 0 unspecified atom stereocenters. The molecule has 0 saturated carbocycles. The van der Waals surface area contributed by atoms with E-state index in [-0.39, 0.29) is 16.8 Å². The molecule has 32 heavy (non-hydrogen) atoms. The van der Waals surface area contributed by atoms with E-state index < -0.39 is 11.8 Å². The lowest BCUT2D eigenvalue weighted by molar-refractivity contribution is 0.0842. The molecular formula is C24H20N4O4. The highest BCUT2D eigenvalue weighted by atomic mass is 16.5. The van der Waals surface area contributed by atoms with Crippen molar-refractivity contribution in [3.63, 3.8) is 0 Å². The molecule has 0 radical (unpaired) electrons. The molecule has 0 saturated heterocycles. The van der Waals surface area contributed by atoms with Crippen molar-refractivity contribution in [2.24, 2.45) is 0 Å². The summed E-state index contributed by atoms with van der Waals surface area (Å²) >= 11 is 0. The van der Waals surface area contributed by atoms with Gasteiger partial charge in [-0.05, 0) is 37.3 Å². The van der Waals surface area contributed by atoms with Gasteiger partial charge >= 0.3 is 0 Å². The number of benzene rings is 3. The third kappa shape index (κ3) is 4.20. The minimum atomic E-state index is -0.641. The van der Waals surface area contributed by atoms with E-state index >= 15 is 0 Å². The number of aromatic nitrogens is 2. The van der Waals surface area contributed by atoms with Gasteiger partial charge in [-0.25, -0.2) is 4.68 Å². The van der Waals surface area contributed by atoms with Crippen LogP contribution >= 0.6 is 0 Å². The van der Waals surface area contributed by atoms with Crippen LogP contribution in [0.4, 0.5) is 0 Å². The summed E-state index contributed by atoms with van der Waals surface area (Å²) in [7, 11) is 0. The Bertz CT molecular complexity index is 1350. The van der Waals surface area contributed by atoms with Crippen molar-refractivity contribution < 1.29 is 14.3 Å². The maximum atomic E-state index is 12.8. The Labute approximate surface area is 183 Å². The van der Waals surface area contributed by atoms with E-state index in [0.29, 0.717) is 28.8 Å². The van der Waals surface area contributed by atoms with Gasteiger partial charge in [0.25, 0.3) is 17.4 Å². The Kier molecular flexibility index (Phi) is 5.94. The van der Waals surface area contributed by atoms with E-state index in [9.17, 15) is 14.4 Å². The first-order valence-corrected chi connectivity index (χ1v) is 10.0. The second-order valence-electron chi connectivity index (χ2n) is 6.83. The third-order valence-corrected chi connectivity index (χ3v) is 4.77. The van der Waals surface area contributed by atoms with Crippen molar-refractivity contribution >= 4 is 22.6 Å². The first kappa shape index (κ1) is 20.8. The normalized spacial score (nSPS) is 10.5. The maximum absolute atomic E-state index is 12.8. The van der Waals surface area contributed by atoms with Crippen molar-refractivity contribution in [2.75, 3.05) is 0 Å². The van der Waals surface area contributed by atoms with Crippen LogP contribution in [0.3, 0.4) is 0 Å². The van der Waals surface area contributed by atoms with Gasteiger partial charge in [-0.2, -0.15) is 5.10 Å². The molecule has 1 aromatic heterocycles. The van der Waals surface area contributed by atoms with E-state index in [0.717, 1.165) is 0 Å². The van der Waals surface area contributed by atoms with Gasteiger partial charge in [0.05, 0.1) is 10.9 Å². The number of fused-ring (bicyclic) bond motifs is 1. The number of ether oxygens (including phenoxy) is 1. The van der Waals surface area contributed by atoms with Crippen LogP contribution in [0.25, 0.3) is 10.8 Å². The highest BCUT2D eigenvalue weighted by Gasteiger charge is 2.18. The standard InChI is InChI=1S/C24H20N4O4/c1-2-28-24(31)18-13-7-6-12-17(18)21(27-28)23(30)26-25-22(29)19-14-8-9-15-20(19)32-16-10-4-3-5-11-16/h3-15H,2H2,1H3,(H,25,29)(H,26,30). The average molecular weight is 428 g/mol. The van der Waals surface area contributed by atoms with Crippen molar-refractivity contribution in [3.8, 4) is 11.5 Å². The average Bonchev–Trinajstić information content (AvgIpc) is 2.84. The molecule has 8 nitrogen and oxygen atoms in total. The number of para-hydroxylation sites is 2. The number of hydrazine groups is 1. The molecule has 8 heteroatoms. The summed E-state index contributed by atoms with van der Waals surface area (Å²) < 4.78 is 7.01. The van der Waals surface area contributed by atoms with Gasteiger partial charge in [-0.15, -0.1) is 0 Å². The fraction of sp³-hybridized carbons (Fsp3) is 0.0833. The van der Waals surface area contributed by atoms with Gasteiger partial charge in [0.2, 0.25) is 0 Å². The summed E-state index contributed by atoms with van der Waals surface area (Å²) in [6.45, 7) is 2.07.